The molecule has 0 spiro atoms. The van der Waals surface area contributed by atoms with Crippen molar-refractivity contribution in [3.8, 4) is 0 Å². The number of sulfonamides is 1. The van der Waals surface area contributed by atoms with Gasteiger partial charge in [0.05, 0.1) is 17.1 Å². The molecule has 0 amide bonds. The van der Waals surface area contributed by atoms with Crippen molar-refractivity contribution >= 4 is 15.7 Å². The number of hydrogen-bond acceptors (Lipinski definition) is 4. The lowest BCUT2D eigenvalue weighted by Crippen LogP contribution is -2.18. The molecule has 112 valence electrons. The van der Waals surface area contributed by atoms with Gasteiger partial charge in [-0.3, -0.25) is 4.68 Å². The van der Waals surface area contributed by atoms with Crippen molar-refractivity contribution < 1.29 is 8.42 Å². The molecule has 3 N–H and O–H groups in total. The molecule has 1 unspecified atom stereocenters. The van der Waals surface area contributed by atoms with Crippen molar-refractivity contribution in [3.05, 3.63) is 41.7 Å². The van der Waals surface area contributed by atoms with Gasteiger partial charge in [0, 0.05) is 24.0 Å². The van der Waals surface area contributed by atoms with Gasteiger partial charge in [-0.15, -0.1) is 0 Å². The largest absolute Gasteiger partial charge is 0.378 e. The molecule has 6 nitrogen and oxygen atoms in total. The lowest BCUT2D eigenvalue weighted by molar-refractivity contribution is 0.571. The second-order valence-corrected chi connectivity index (χ2v) is 6.89. The van der Waals surface area contributed by atoms with Crippen LogP contribution in [0.15, 0.2) is 35.4 Å². The number of anilines is 1. The first kappa shape index (κ1) is 14.1. The fraction of sp³-hybridized carbons (Fsp3) is 0.357. The summed E-state index contributed by atoms with van der Waals surface area (Å²) in [6, 6.07) is 6.75. The maximum atomic E-state index is 11.4. The monoisotopic (exact) mass is 306 g/mol. The van der Waals surface area contributed by atoms with E-state index in [-0.39, 0.29) is 10.9 Å². The van der Waals surface area contributed by atoms with Crippen molar-refractivity contribution in [2.45, 2.75) is 30.2 Å². The van der Waals surface area contributed by atoms with E-state index in [2.05, 4.69) is 10.4 Å². The Morgan fingerprint density at radius 3 is 3.00 bits per heavy atom. The van der Waals surface area contributed by atoms with Gasteiger partial charge in [-0.25, -0.2) is 13.6 Å². The summed E-state index contributed by atoms with van der Waals surface area (Å²) >= 11 is 0. The van der Waals surface area contributed by atoms with E-state index in [0.29, 0.717) is 0 Å². The number of nitrogens with two attached hydrogens (primary N) is 1. The number of benzene rings is 1. The summed E-state index contributed by atoms with van der Waals surface area (Å²) in [6.45, 7) is 0. The molecule has 0 radical (unpaired) electrons. The van der Waals surface area contributed by atoms with E-state index in [9.17, 15) is 8.42 Å². The molecule has 1 aliphatic rings. The van der Waals surface area contributed by atoms with Crippen LogP contribution >= 0.6 is 0 Å². The Hall–Kier alpha value is -1.86. The van der Waals surface area contributed by atoms with Crippen molar-refractivity contribution in [2.24, 2.45) is 12.2 Å². The van der Waals surface area contributed by atoms with Crippen LogP contribution in [0.1, 0.15) is 30.1 Å². The molecule has 2 aromatic rings. The van der Waals surface area contributed by atoms with Gasteiger partial charge in [0.15, 0.2) is 0 Å². The average molecular weight is 306 g/mol. The van der Waals surface area contributed by atoms with Gasteiger partial charge in [-0.1, -0.05) is 6.07 Å². The third-order valence-corrected chi connectivity index (χ3v) is 4.79. The van der Waals surface area contributed by atoms with Crippen LogP contribution in [-0.2, 0) is 23.5 Å². The first-order valence-corrected chi connectivity index (χ1v) is 8.40. The van der Waals surface area contributed by atoms with E-state index >= 15 is 0 Å². The Bertz CT molecular complexity index is 767. The number of nitrogens with zero attached hydrogens (tertiary/aromatic N) is 2. The van der Waals surface area contributed by atoms with Crippen molar-refractivity contribution in [3.63, 3.8) is 0 Å². The van der Waals surface area contributed by atoms with E-state index in [1.54, 1.807) is 12.1 Å². The highest BCUT2D eigenvalue weighted by Crippen LogP contribution is 2.32. The first-order valence-electron chi connectivity index (χ1n) is 6.85. The van der Waals surface area contributed by atoms with Gasteiger partial charge >= 0.3 is 0 Å². The van der Waals surface area contributed by atoms with Crippen LogP contribution in [0.4, 0.5) is 5.69 Å². The normalized spacial score (nSPS) is 18.3. The fourth-order valence-corrected chi connectivity index (χ4v) is 3.38. The summed E-state index contributed by atoms with van der Waals surface area (Å²) in [6.07, 6.45) is 4.99. The molecule has 1 atom stereocenters. The zero-order valence-electron chi connectivity index (χ0n) is 11.8. The third-order valence-electron chi connectivity index (χ3n) is 3.88. The average Bonchev–Trinajstić information content (AvgIpc) is 2.81. The van der Waals surface area contributed by atoms with Gasteiger partial charge in [0.2, 0.25) is 10.0 Å². The molecule has 1 aromatic heterocycles. The van der Waals surface area contributed by atoms with Crippen molar-refractivity contribution in [1.82, 2.24) is 9.78 Å². The number of fused-ring (bicyclic) bond motifs is 1. The van der Waals surface area contributed by atoms with Crippen LogP contribution in [-0.4, -0.2) is 18.2 Å². The van der Waals surface area contributed by atoms with E-state index < -0.39 is 10.0 Å². The van der Waals surface area contributed by atoms with Gasteiger partial charge in [-0.2, -0.15) is 5.10 Å². The number of primary sulfonamides is 1. The number of rotatable bonds is 3. The molecule has 7 heteroatoms. The molecule has 1 heterocycles. The summed E-state index contributed by atoms with van der Waals surface area (Å²) in [5.41, 5.74) is 3.18. The summed E-state index contributed by atoms with van der Waals surface area (Å²) < 4.78 is 24.7. The number of aryl methyl sites for hydroxylation is 1. The minimum atomic E-state index is -3.68. The van der Waals surface area contributed by atoms with Crippen LogP contribution in [0, 0.1) is 0 Å². The van der Waals surface area contributed by atoms with E-state index in [1.165, 1.54) is 17.3 Å². The Labute approximate surface area is 124 Å². The molecular formula is C14H18N4O2S. The summed E-state index contributed by atoms with van der Waals surface area (Å²) in [5, 5.41) is 12.9. The maximum absolute atomic E-state index is 11.4. The predicted octanol–water partition coefficient (Wildman–Crippen LogP) is 1.56. The molecule has 0 saturated carbocycles. The van der Waals surface area contributed by atoms with E-state index in [4.69, 9.17) is 5.14 Å². The quantitative estimate of drug-likeness (QED) is 0.900. The second-order valence-electron chi connectivity index (χ2n) is 5.33. The van der Waals surface area contributed by atoms with Gasteiger partial charge in [0.25, 0.3) is 0 Å². The molecule has 0 bridgehead atoms. The van der Waals surface area contributed by atoms with Gasteiger partial charge in [-0.05, 0) is 37.5 Å². The van der Waals surface area contributed by atoms with Crippen LogP contribution in [0.25, 0.3) is 0 Å². The topological polar surface area (TPSA) is 90.0 Å². The molecule has 0 fully saturated rings. The van der Waals surface area contributed by atoms with E-state index in [1.807, 2.05) is 24.0 Å². The number of nitrogens with one attached hydrogen (secondary N) is 1. The standard InChI is InChI=1S/C14H18N4O2S/c1-18-14-7-3-6-13(12(14)9-16-18)17-10-4-2-5-11(8-10)21(15,19)20/h2,4-5,8-9,13,17H,3,6-7H2,1H3,(H2,15,19,20). The Morgan fingerprint density at radius 1 is 1.43 bits per heavy atom. The van der Waals surface area contributed by atoms with Crippen LogP contribution in [0.5, 0.6) is 0 Å². The minimum absolute atomic E-state index is 0.120. The first-order chi connectivity index (χ1) is 9.95. The number of hydrogen-bond donors (Lipinski definition) is 2. The summed E-state index contributed by atoms with van der Waals surface area (Å²) in [5.74, 6) is 0. The number of aromatic nitrogens is 2. The third kappa shape index (κ3) is 2.79. The molecule has 1 aliphatic carbocycles. The lowest BCUT2D eigenvalue weighted by Gasteiger charge is -2.25. The highest BCUT2D eigenvalue weighted by atomic mass is 32.2. The van der Waals surface area contributed by atoms with E-state index in [0.717, 1.165) is 24.9 Å². The van der Waals surface area contributed by atoms with Crippen molar-refractivity contribution in [1.29, 1.82) is 0 Å². The Balaban J connectivity index is 1.88. The maximum Gasteiger partial charge on any atom is 0.238 e. The summed E-state index contributed by atoms with van der Waals surface area (Å²) in [7, 11) is -1.73. The fourth-order valence-electron chi connectivity index (χ4n) is 2.82. The lowest BCUT2D eigenvalue weighted by atomic mass is 9.93. The van der Waals surface area contributed by atoms with Crippen LogP contribution < -0.4 is 10.5 Å². The SMILES string of the molecule is Cn1ncc2c1CCCC2Nc1cccc(S(N)(=O)=O)c1. The molecule has 0 saturated heterocycles. The zero-order chi connectivity index (χ0) is 15.0. The second kappa shape index (κ2) is 5.16. The Morgan fingerprint density at radius 2 is 2.24 bits per heavy atom. The smallest absolute Gasteiger partial charge is 0.238 e. The summed E-state index contributed by atoms with van der Waals surface area (Å²) in [4.78, 5) is 0.120. The van der Waals surface area contributed by atoms with Crippen LogP contribution in [0.3, 0.4) is 0 Å². The molecule has 0 aliphatic heterocycles. The highest BCUT2D eigenvalue weighted by molar-refractivity contribution is 7.89. The molecule has 21 heavy (non-hydrogen) atoms. The minimum Gasteiger partial charge on any atom is -0.378 e. The Kier molecular flexibility index (Phi) is 3.46. The van der Waals surface area contributed by atoms with Crippen LogP contribution in [0.2, 0.25) is 0 Å². The predicted molar refractivity (Wildman–Crippen MR) is 80.3 cm³/mol. The molecule has 3 rings (SSSR count). The highest BCUT2D eigenvalue weighted by Gasteiger charge is 2.23. The van der Waals surface area contributed by atoms with Gasteiger partial charge < -0.3 is 5.32 Å². The van der Waals surface area contributed by atoms with Gasteiger partial charge in [0.1, 0.15) is 0 Å². The molecular weight excluding hydrogens is 288 g/mol. The zero-order valence-corrected chi connectivity index (χ0v) is 12.6. The van der Waals surface area contributed by atoms with Crippen molar-refractivity contribution in [2.75, 3.05) is 5.32 Å². The molecule has 1 aromatic carbocycles.